The number of carbonyl (C=O) groups is 2. The first-order chi connectivity index (χ1) is 9.45. The van der Waals surface area contributed by atoms with Crippen LogP contribution in [0, 0.1) is 5.92 Å². The molecule has 0 aromatic carbocycles. The van der Waals surface area contributed by atoms with E-state index in [9.17, 15) is 9.59 Å². The molecule has 6 nitrogen and oxygen atoms in total. The van der Waals surface area contributed by atoms with Gasteiger partial charge in [0.15, 0.2) is 0 Å². The van der Waals surface area contributed by atoms with Crippen molar-refractivity contribution in [3.63, 3.8) is 0 Å². The summed E-state index contributed by atoms with van der Waals surface area (Å²) < 4.78 is 5.65. The lowest BCUT2D eigenvalue weighted by molar-refractivity contribution is -0.143. The summed E-state index contributed by atoms with van der Waals surface area (Å²) in [5.74, 6) is -1.23. The Balaban J connectivity index is 1.72. The molecule has 1 unspecified atom stereocenters. The van der Waals surface area contributed by atoms with Crippen LogP contribution >= 0.6 is 0 Å². The van der Waals surface area contributed by atoms with Crippen molar-refractivity contribution in [2.75, 3.05) is 13.1 Å². The van der Waals surface area contributed by atoms with Crippen LogP contribution in [-0.4, -0.2) is 53.3 Å². The van der Waals surface area contributed by atoms with E-state index in [4.69, 9.17) is 9.84 Å². The molecular formula is C14H24N2O4. The number of carboxylic acids is 1. The van der Waals surface area contributed by atoms with E-state index in [1.165, 1.54) is 0 Å². The molecule has 2 fully saturated rings. The van der Waals surface area contributed by atoms with Gasteiger partial charge in [0.05, 0.1) is 18.1 Å². The van der Waals surface area contributed by atoms with Crippen molar-refractivity contribution >= 4 is 12.0 Å². The average molecular weight is 284 g/mol. The van der Waals surface area contributed by atoms with E-state index in [1.54, 1.807) is 4.90 Å². The number of nitrogens with zero attached hydrogens (tertiary/aromatic N) is 1. The number of ether oxygens (including phenoxy) is 1. The number of likely N-dealkylation sites (tertiary alicyclic amines) is 1. The maximum absolute atomic E-state index is 12.1. The molecule has 2 rings (SSSR count). The summed E-state index contributed by atoms with van der Waals surface area (Å²) in [5.41, 5.74) is 0. The molecule has 2 amide bonds. The van der Waals surface area contributed by atoms with Crippen LogP contribution in [0.3, 0.4) is 0 Å². The molecule has 1 heterocycles. The van der Waals surface area contributed by atoms with Crippen molar-refractivity contribution in [1.82, 2.24) is 10.2 Å². The third kappa shape index (κ3) is 3.85. The van der Waals surface area contributed by atoms with Crippen LogP contribution in [0.2, 0.25) is 0 Å². The minimum Gasteiger partial charge on any atom is -0.481 e. The van der Waals surface area contributed by atoms with E-state index in [-0.39, 0.29) is 24.3 Å². The summed E-state index contributed by atoms with van der Waals surface area (Å²) >= 11 is 0. The Hall–Kier alpha value is -1.30. The minimum absolute atomic E-state index is 0.135. The fourth-order valence-corrected chi connectivity index (χ4v) is 2.81. The Labute approximate surface area is 119 Å². The van der Waals surface area contributed by atoms with Crippen molar-refractivity contribution < 1.29 is 19.4 Å². The van der Waals surface area contributed by atoms with Crippen molar-refractivity contribution in [3.05, 3.63) is 0 Å². The number of carboxylic acid groups (broad SMARTS) is 1. The van der Waals surface area contributed by atoms with Gasteiger partial charge >= 0.3 is 12.0 Å². The number of nitrogens with one attached hydrogen (secondary N) is 1. The maximum atomic E-state index is 12.1. The quantitative estimate of drug-likeness (QED) is 0.819. The standard InChI is InChI=1S/C14H24N2O4/c1-9(2)20-12-6-11(7-12)15-14(19)16-5-3-4-10(8-16)13(17)18/h9-12H,3-8H2,1-2H3,(H,15,19)(H,17,18). The number of aliphatic carboxylic acids is 1. The number of hydrogen-bond donors (Lipinski definition) is 2. The van der Waals surface area contributed by atoms with Crippen LogP contribution in [0.4, 0.5) is 4.79 Å². The van der Waals surface area contributed by atoms with Crippen LogP contribution in [0.25, 0.3) is 0 Å². The Bertz CT molecular complexity index is 366. The number of hydrogen-bond acceptors (Lipinski definition) is 3. The summed E-state index contributed by atoms with van der Waals surface area (Å²) in [5, 5.41) is 12.0. The first-order valence-corrected chi connectivity index (χ1v) is 7.39. The van der Waals surface area contributed by atoms with E-state index >= 15 is 0 Å². The molecule has 1 atom stereocenters. The van der Waals surface area contributed by atoms with Crippen molar-refractivity contribution in [3.8, 4) is 0 Å². The van der Waals surface area contributed by atoms with Gasteiger partial charge in [-0.25, -0.2) is 4.79 Å². The molecule has 20 heavy (non-hydrogen) atoms. The Kier molecular flexibility index (Phi) is 4.86. The lowest BCUT2D eigenvalue weighted by Crippen LogP contribution is -2.54. The van der Waals surface area contributed by atoms with Crippen molar-refractivity contribution in [2.45, 2.75) is 57.8 Å². The first kappa shape index (κ1) is 15.1. The van der Waals surface area contributed by atoms with Crippen LogP contribution in [0.15, 0.2) is 0 Å². The van der Waals surface area contributed by atoms with Gasteiger partial charge in [0.1, 0.15) is 0 Å². The fourth-order valence-electron chi connectivity index (χ4n) is 2.81. The van der Waals surface area contributed by atoms with Gasteiger partial charge < -0.3 is 20.1 Å². The summed E-state index contributed by atoms with van der Waals surface area (Å²) in [6, 6.07) is 0.0281. The van der Waals surface area contributed by atoms with E-state index in [0.717, 1.165) is 19.3 Å². The zero-order valence-corrected chi connectivity index (χ0v) is 12.2. The smallest absolute Gasteiger partial charge is 0.317 e. The molecule has 0 aromatic rings. The molecule has 0 spiro atoms. The molecular weight excluding hydrogens is 260 g/mol. The molecule has 1 aliphatic heterocycles. The number of piperidine rings is 1. The van der Waals surface area contributed by atoms with Gasteiger partial charge in [0.25, 0.3) is 0 Å². The van der Waals surface area contributed by atoms with Crippen LogP contribution in [-0.2, 0) is 9.53 Å². The van der Waals surface area contributed by atoms with Gasteiger partial charge in [-0.15, -0.1) is 0 Å². The third-order valence-electron chi connectivity index (χ3n) is 3.94. The van der Waals surface area contributed by atoms with Crippen LogP contribution in [0.1, 0.15) is 39.5 Å². The Morgan fingerprint density at radius 3 is 2.65 bits per heavy atom. The Morgan fingerprint density at radius 1 is 1.35 bits per heavy atom. The SMILES string of the molecule is CC(C)OC1CC(NC(=O)N2CCCC(C(=O)O)C2)C1. The lowest BCUT2D eigenvalue weighted by Gasteiger charge is -2.39. The fraction of sp³-hybridized carbons (Fsp3) is 0.857. The topological polar surface area (TPSA) is 78.9 Å². The second-order valence-corrected chi connectivity index (χ2v) is 6.05. The summed E-state index contributed by atoms with van der Waals surface area (Å²) in [7, 11) is 0. The monoisotopic (exact) mass is 284 g/mol. The summed E-state index contributed by atoms with van der Waals surface area (Å²) in [4.78, 5) is 24.7. The number of amides is 2. The van der Waals surface area contributed by atoms with E-state index < -0.39 is 11.9 Å². The second-order valence-electron chi connectivity index (χ2n) is 6.05. The van der Waals surface area contributed by atoms with Gasteiger partial charge in [-0.2, -0.15) is 0 Å². The largest absolute Gasteiger partial charge is 0.481 e. The summed E-state index contributed by atoms with van der Waals surface area (Å²) in [6.07, 6.45) is 3.57. The highest BCUT2D eigenvalue weighted by molar-refractivity contribution is 5.76. The molecule has 1 saturated carbocycles. The van der Waals surface area contributed by atoms with E-state index in [2.05, 4.69) is 5.32 Å². The number of urea groups is 1. The van der Waals surface area contributed by atoms with Crippen molar-refractivity contribution in [1.29, 1.82) is 0 Å². The predicted octanol–water partition coefficient (Wildman–Crippen LogP) is 1.45. The second kappa shape index (κ2) is 6.43. The average Bonchev–Trinajstić information content (AvgIpc) is 2.35. The zero-order chi connectivity index (χ0) is 14.7. The van der Waals surface area contributed by atoms with E-state index in [0.29, 0.717) is 19.5 Å². The minimum atomic E-state index is -0.809. The lowest BCUT2D eigenvalue weighted by atomic mass is 9.89. The normalized spacial score (nSPS) is 29.9. The van der Waals surface area contributed by atoms with E-state index in [1.807, 2.05) is 13.8 Å². The van der Waals surface area contributed by atoms with Gasteiger partial charge in [0.2, 0.25) is 0 Å². The Morgan fingerprint density at radius 2 is 2.05 bits per heavy atom. The third-order valence-corrected chi connectivity index (χ3v) is 3.94. The highest BCUT2D eigenvalue weighted by atomic mass is 16.5. The molecule has 114 valence electrons. The maximum Gasteiger partial charge on any atom is 0.317 e. The first-order valence-electron chi connectivity index (χ1n) is 7.39. The van der Waals surface area contributed by atoms with Crippen LogP contribution < -0.4 is 5.32 Å². The molecule has 2 N–H and O–H groups in total. The predicted molar refractivity (Wildman–Crippen MR) is 73.5 cm³/mol. The zero-order valence-electron chi connectivity index (χ0n) is 12.2. The molecule has 6 heteroatoms. The van der Waals surface area contributed by atoms with Gasteiger partial charge in [0, 0.05) is 19.1 Å². The van der Waals surface area contributed by atoms with Gasteiger partial charge in [-0.05, 0) is 39.5 Å². The molecule has 1 aliphatic carbocycles. The summed E-state index contributed by atoms with van der Waals surface area (Å²) in [6.45, 7) is 4.98. The van der Waals surface area contributed by atoms with Gasteiger partial charge in [-0.3, -0.25) is 4.79 Å². The molecule has 2 aliphatic rings. The molecule has 0 radical (unpaired) electrons. The van der Waals surface area contributed by atoms with Gasteiger partial charge in [-0.1, -0.05) is 0 Å². The number of rotatable bonds is 4. The number of carbonyl (C=O) groups excluding carboxylic acids is 1. The highest BCUT2D eigenvalue weighted by Gasteiger charge is 2.34. The molecule has 1 saturated heterocycles. The molecule has 0 aromatic heterocycles. The van der Waals surface area contributed by atoms with Crippen LogP contribution in [0.5, 0.6) is 0 Å². The molecule has 0 bridgehead atoms. The van der Waals surface area contributed by atoms with Crippen molar-refractivity contribution in [2.24, 2.45) is 5.92 Å². The highest BCUT2D eigenvalue weighted by Crippen LogP contribution is 2.25.